The summed E-state index contributed by atoms with van der Waals surface area (Å²) in [6.45, 7) is 0.221. The predicted octanol–water partition coefficient (Wildman–Crippen LogP) is 0.578. The summed E-state index contributed by atoms with van der Waals surface area (Å²) in [5, 5.41) is 11.8. The van der Waals surface area contributed by atoms with Crippen LogP contribution in [0.1, 0.15) is 16.2 Å². The van der Waals surface area contributed by atoms with Gasteiger partial charge in [0.05, 0.1) is 6.26 Å². The SMILES string of the molecule is CN(c1ncccc1CNc1ccnc(C(=O)O)n1)S(C)(=O)=O. The first-order valence-corrected chi connectivity index (χ1v) is 8.32. The zero-order chi connectivity index (χ0) is 17.0. The molecule has 0 spiro atoms. The van der Waals surface area contributed by atoms with Gasteiger partial charge in [-0.05, 0) is 12.1 Å². The van der Waals surface area contributed by atoms with Crippen molar-refractivity contribution in [1.82, 2.24) is 15.0 Å². The standard InChI is InChI=1S/C13H15N5O4S/c1-18(23(2,21)22)12-9(4-3-6-15-12)8-16-10-5-7-14-11(17-10)13(19)20/h3-7H,8H2,1-2H3,(H,19,20)(H,14,16,17). The van der Waals surface area contributed by atoms with E-state index >= 15 is 0 Å². The van der Waals surface area contributed by atoms with Gasteiger partial charge in [-0.25, -0.2) is 28.2 Å². The van der Waals surface area contributed by atoms with Gasteiger partial charge in [-0.15, -0.1) is 0 Å². The van der Waals surface area contributed by atoms with Crippen LogP contribution >= 0.6 is 0 Å². The van der Waals surface area contributed by atoms with Crippen molar-refractivity contribution in [1.29, 1.82) is 0 Å². The summed E-state index contributed by atoms with van der Waals surface area (Å²) >= 11 is 0. The van der Waals surface area contributed by atoms with Crippen LogP contribution in [0.4, 0.5) is 11.6 Å². The molecule has 0 atom stereocenters. The molecule has 122 valence electrons. The van der Waals surface area contributed by atoms with Gasteiger partial charge in [-0.2, -0.15) is 0 Å². The van der Waals surface area contributed by atoms with Crippen molar-refractivity contribution in [3.05, 3.63) is 42.0 Å². The van der Waals surface area contributed by atoms with Gasteiger partial charge in [-0.3, -0.25) is 4.31 Å². The summed E-state index contributed by atoms with van der Waals surface area (Å²) in [5.74, 6) is -0.952. The average molecular weight is 337 g/mol. The first-order chi connectivity index (χ1) is 10.8. The smallest absolute Gasteiger partial charge is 0.374 e. The molecular formula is C13H15N5O4S. The molecule has 0 amide bonds. The molecule has 9 nitrogen and oxygen atoms in total. The number of nitrogens with zero attached hydrogens (tertiary/aromatic N) is 4. The maximum atomic E-state index is 11.7. The topological polar surface area (TPSA) is 125 Å². The van der Waals surface area contributed by atoms with Gasteiger partial charge in [-0.1, -0.05) is 6.07 Å². The number of rotatable bonds is 6. The number of carboxylic acid groups (broad SMARTS) is 1. The first kappa shape index (κ1) is 16.6. The van der Waals surface area contributed by atoms with E-state index in [1.54, 1.807) is 12.1 Å². The molecule has 0 saturated carbocycles. The monoisotopic (exact) mass is 337 g/mol. The van der Waals surface area contributed by atoms with Crippen molar-refractivity contribution < 1.29 is 18.3 Å². The lowest BCUT2D eigenvalue weighted by Crippen LogP contribution is -2.27. The van der Waals surface area contributed by atoms with Gasteiger partial charge in [0.2, 0.25) is 15.8 Å². The van der Waals surface area contributed by atoms with E-state index in [4.69, 9.17) is 5.11 Å². The van der Waals surface area contributed by atoms with Crippen molar-refractivity contribution in [3.8, 4) is 0 Å². The Hall–Kier alpha value is -2.75. The Morgan fingerprint density at radius 2 is 2.04 bits per heavy atom. The van der Waals surface area contributed by atoms with Crippen molar-refractivity contribution in [2.24, 2.45) is 0 Å². The van der Waals surface area contributed by atoms with Crippen molar-refractivity contribution in [2.45, 2.75) is 6.54 Å². The zero-order valence-electron chi connectivity index (χ0n) is 12.5. The van der Waals surface area contributed by atoms with E-state index in [9.17, 15) is 13.2 Å². The number of anilines is 2. The molecule has 0 aliphatic rings. The molecular weight excluding hydrogens is 322 g/mol. The summed E-state index contributed by atoms with van der Waals surface area (Å²) in [5.41, 5.74) is 0.621. The lowest BCUT2D eigenvalue weighted by Gasteiger charge is -2.19. The molecule has 0 aromatic carbocycles. The van der Waals surface area contributed by atoms with Gasteiger partial charge in [0.15, 0.2) is 0 Å². The highest BCUT2D eigenvalue weighted by atomic mass is 32.2. The van der Waals surface area contributed by atoms with Crippen molar-refractivity contribution >= 4 is 27.6 Å². The van der Waals surface area contributed by atoms with E-state index < -0.39 is 16.0 Å². The zero-order valence-corrected chi connectivity index (χ0v) is 13.3. The minimum atomic E-state index is -3.44. The molecule has 0 fully saturated rings. The molecule has 23 heavy (non-hydrogen) atoms. The third-order valence-corrected chi connectivity index (χ3v) is 4.14. The molecule has 2 heterocycles. The number of carbonyl (C=O) groups is 1. The van der Waals surface area contributed by atoms with E-state index in [-0.39, 0.29) is 18.2 Å². The fraction of sp³-hybridized carbons (Fsp3) is 0.231. The van der Waals surface area contributed by atoms with Crippen LogP contribution in [-0.4, -0.2) is 47.7 Å². The second kappa shape index (κ2) is 6.57. The van der Waals surface area contributed by atoms with Gasteiger partial charge >= 0.3 is 5.97 Å². The Bertz CT molecular complexity index is 825. The highest BCUT2D eigenvalue weighted by Gasteiger charge is 2.17. The molecule has 0 radical (unpaired) electrons. The molecule has 2 aromatic heterocycles. The van der Waals surface area contributed by atoms with Crippen LogP contribution in [0.2, 0.25) is 0 Å². The molecule has 2 aromatic rings. The Kier molecular flexibility index (Phi) is 4.74. The summed E-state index contributed by atoms with van der Waals surface area (Å²) in [7, 11) is -2.03. The first-order valence-electron chi connectivity index (χ1n) is 6.47. The van der Waals surface area contributed by atoms with Gasteiger partial charge in [0.25, 0.3) is 0 Å². The largest absolute Gasteiger partial charge is 0.475 e. The molecule has 0 aliphatic heterocycles. The Morgan fingerprint density at radius 3 is 2.70 bits per heavy atom. The van der Waals surface area contributed by atoms with Crippen LogP contribution in [0.3, 0.4) is 0 Å². The van der Waals surface area contributed by atoms with Crippen LogP contribution < -0.4 is 9.62 Å². The van der Waals surface area contributed by atoms with Crippen LogP contribution in [0.15, 0.2) is 30.6 Å². The second-order valence-corrected chi connectivity index (χ2v) is 6.65. The third kappa shape index (κ3) is 4.13. The Morgan fingerprint density at radius 1 is 1.30 bits per heavy atom. The van der Waals surface area contributed by atoms with Crippen molar-refractivity contribution in [2.75, 3.05) is 22.9 Å². The number of carboxylic acids is 1. The number of aromatic nitrogens is 3. The van der Waals surface area contributed by atoms with E-state index in [1.165, 1.54) is 25.5 Å². The summed E-state index contributed by atoms with van der Waals surface area (Å²) in [4.78, 5) is 22.4. The van der Waals surface area contributed by atoms with E-state index in [0.717, 1.165) is 10.6 Å². The maximum absolute atomic E-state index is 11.7. The maximum Gasteiger partial charge on any atom is 0.374 e. The molecule has 0 bridgehead atoms. The van der Waals surface area contributed by atoms with Crippen LogP contribution in [0.5, 0.6) is 0 Å². The van der Waals surface area contributed by atoms with Crippen LogP contribution in [0, 0.1) is 0 Å². The molecule has 2 N–H and O–H groups in total. The number of hydrogen-bond acceptors (Lipinski definition) is 7. The van der Waals surface area contributed by atoms with E-state index in [1.807, 2.05) is 0 Å². The fourth-order valence-electron chi connectivity index (χ4n) is 1.75. The predicted molar refractivity (Wildman–Crippen MR) is 83.8 cm³/mol. The highest BCUT2D eigenvalue weighted by molar-refractivity contribution is 7.92. The number of pyridine rings is 1. The minimum Gasteiger partial charge on any atom is -0.475 e. The normalized spacial score (nSPS) is 11.0. The van der Waals surface area contributed by atoms with Gasteiger partial charge in [0.1, 0.15) is 11.6 Å². The molecule has 0 saturated heterocycles. The lowest BCUT2D eigenvalue weighted by atomic mass is 10.2. The highest BCUT2D eigenvalue weighted by Crippen LogP contribution is 2.19. The number of nitrogens with one attached hydrogen (secondary N) is 1. The van der Waals surface area contributed by atoms with Gasteiger partial charge < -0.3 is 10.4 Å². The Labute approximate surface area is 133 Å². The molecule has 2 rings (SSSR count). The summed E-state index contributed by atoms with van der Waals surface area (Å²) < 4.78 is 24.4. The Balaban J connectivity index is 2.22. The summed E-state index contributed by atoms with van der Waals surface area (Å²) in [6.07, 6.45) is 3.90. The van der Waals surface area contributed by atoms with E-state index in [2.05, 4.69) is 20.3 Å². The van der Waals surface area contributed by atoms with Gasteiger partial charge in [0, 0.05) is 31.5 Å². The number of hydrogen-bond donors (Lipinski definition) is 2. The van der Waals surface area contributed by atoms with Crippen molar-refractivity contribution in [3.63, 3.8) is 0 Å². The average Bonchev–Trinajstić information content (AvgIpc) is 2.52. The second-order valence-electron chi connectivity index (χ2n) is 4.64. The van der Waals surface area contributed by atoms with Crippen LogP contribution in [0.25, 0.3) is 0 Å². The number of sulfonamides is 1. The lowest BCUT2D eigenvalue weighted by molar-refractivity contribution is 0.0683. The number of aromatic carboxylic acids is 1. The minimum absolute atomic E-state index is 0.221. The quantitative estimate of drug-likeness (QED) is 0.784. The molecule has 10 heteroatoms. The molecule has 0 unspecified atom stereocenters. The molecule has 0 aliphatic carbocycles. The summed E-state index contributed by atoms with van der Waals surface area (Å²) in [6, 6.07) is 4.92. The third-order valence-electron chi connectivity index (χ3n) is 2.97. The van der Waals surface area contributed by atoms with E-state index in [0.29, 0.717) is 11.4 Å². The fourth-order valence-corrected chi connectivity index (χ4v) is 2.23. The van der Waals surface area contributed by atoms with Crippen LogP contribution in [-0.2, 0) is 16.6 Å².